The normalized spacial score (nSPS) is 22.7. The van der Waals surface area contributed by atoms with E-state index in [2.05, 4.69) is 18.8 Å². The average molecular weight is 284 g/mol. The number of hydrogen-bond donors (Lipinski definition) is 1. The molecule has 0 aromatic carbocycles. The number of carbonyl (C=O) groups is 1. The van der Waals surface area contributed by atoms with Crippen LogP contribution in [0.5, 0.6) is 0 Å². The molecule has 0 aliphatic carbocycles. The fraction of sp³-hybridized carbons (Fsp3) is 0.571. The van der Waals surface area contributed by atoms with Gasteiger partial charge in [0.05, 0.1) is 18.3 Å². The first-order chi connectivity index (χ1) is 8.58. The van der Waals surface area contributed by atoms with Crippen LogP contribution in [-0.2, 0) is 11.2 Å². The molecule has 1 aliphatic heterocycles. The summed E-state index contributed by atoms with van der Waals surface area (Å²) in [6.45, 7) is 5.23. The lowest BCUT2D eigenvalue weighted by molar-refractivity contribution is -0.135. The molecule has 2 rings (SSSR count). The van der Waals surface area contributed by atoms with Crippen molar-refractivity contribution in [3.05, 3.63) is 24.0 Å². The van der Waals surface area contributed by atoms with Crippen molar-refractivity contribution in [1.82, 2.24) is 9.88 Å². The van der Waals surface area contributed by atoms with Gasteiger partial charge in [-0.25, -0.2) is 0 Å². The van der Waals surface area contributed by atoms with Gasteiger partial charge in [0, 0.05) is 18.3 Å². The molecule has 1 saturated heterocycles. The Morgan fingerprint density at radius 1 is 1.47 bits per heavy atom. The van der Waals surface area contributed by atoms with Crippen molar-refractivity contribution in [1.29, 1.82) is 0 Å². The molecule has 0 radical (unpaired) electrons. The van der Waals surface area contributed by atoms with Crippen molar-refractivity contribution >= 4 is 24.0 Å². The first-order valence-corrected chi connectivity index (χ1v) is 6.58. The predicted molar refractivity (Wildman–Crippen MR) is 79.2 cm³/mol. The maximum atomic E-state index is 12.3. The highest BCUT2D eigenvalue weighted by atomic mass is 35.5. The summed E-state index contributed by atoms with van der Waals surface area (Å²) >= 11 is 0. The van der Waals surface area contributed by atoms with E-state index in [4.69, 9.17) is 5.73 Å². The molecule has 0 bridgehead atoms. The summed E-state index contributed by atoms with van der Waals surface area (Å²) in [6.07, 6.45) is 4.29. The molecule has 5 heteroatoms. The number of amides is 1. The fourth-order valence-corrected chi connectivity index (χ4v) is 2.48. The molecule has 19 heavy (non-hydrogen) atoms. The van der Waals surface area contributed by atoms with E-state index in [-0.39, 0.29) is 18.3 Å². The maximum absolute atomic E-state index is 12.3. The number of anilines is 1. The van der Waals surface area contributed by atoms with Gasteiger partial charge in [-0.15, -0.1) is 12.4 Å². The van der Waals surface area contributed by atoms with Gasteiger partial charge < -0.3 is 10.6 Å². The van der Waals surface area contributed by atoms with Crippen molar-refractivity contribution < 1.29 is 4.79 Å². The van der Waals surface area contributed by atoms with Crippen molar-refractivity contribution in [3.63, 3.8) is 0 Å². The summed E-state index contributed by atoms with van der Waals surface area (Å²) in [5, 5.41) is 0. The van der Waals surface area contributed by atoms with E-state index < -0.39 is 0 Å². The van der Waals surface area contributed by atoms with E-state index in [1.807, 2.05) is 11.0 Å². The number of piperidine rings is 1. The standard InChI is InChI=1S/C14H21N3O.ClH/c1-10-4-3-7-17(11(10)2)14(18)8-13-6-5-12(15)9-16-13;/h5-6,9-11H,3-4,7-8,15H2,1-2H3;1H. The van der Waals surface area contributed by atoms with Crippen LogP contribution in [0.1, 0.15) is 32.4 Å². The molecule has 2 atom stereocenters. The Hall–Kier alpha value is -1.29. The zero-order chi connectivity index (χ0) is 13.1. The third kappa shape index (κ3) is 3.83. The van der Waals surface area contributed by atoms with E-state index in [0.29, 0.717) is 24.1 Å². The Balaban J connectivity index is 0.00000180. The van der Waals surface area contributed by atoms with E-state index in [1.165, 1.54) is 6.42 Å². The average Bonchev–Trinajstić information content (AvgIpc) is 2.35. The monoisotopic (exact) mass is 283 g/mol. The van der Waals surface area contributed by atoms with E-state index in [1.54, 1.807) is 12.3 Å². The number of carbonyl (C=O) groups excluding carboxylic acids is 1. The number of rotatable bonds is 2. The third-order valence-electron chi connectivity index (χ3n) is 3.87. The third-order valence-corrected chi connectivity index (χ3v) is 3.87. The second kappa shape index (κ2) is 6.75. The van der Waals surface area contributed by atoms with Crippen molar-refractivity contribution in [2.45, 2.75) is 39.2 Å². The maximum Gasteiger partial charge on any atom is 0.228 e. The lowest BCUT2D eigenvalue weighted by Gasteiger charge is -2.38. The number of nitrogens with zero attached hydrogens (tertiary/aromatic N) is 2. The van der Waals surface area contributed by atoms with Gasteiger partial charge in [-0.05, 0) is 37.8 Å². The van der Waals surface area contributed by atoms with Crippen LogP contribution in [0.3, 0.4) is 0 Å². The van der Waals surface area contributed by atoms with Crippen LogP contribution in [0.4, 0.5) is 5.69 Å². The minimum atomic E-state index is 0. The highest BCUT2D eigenvalue weighted by Gasteiger charge is 2.28. The van der Waals surface area contributed by atoms with E-state index >= 15 is 0 Å². The second-order valence-electron chi connectivity index (χ2n) is 5.21. The number of nitrogen functional groups attached to an aromatic ring is 1. The number of likely N-dealkylation sites (tertiary alicyclic amines) is 1. The van der Waals surface area contributed by atoms with Gasteiger partial charge >= 0.3 is 0 Å². The quantitative estimate of drug-likeness (QED) is 0.906. The number of aromatic nitrogens is 1. The Labute approximate surface area is 120 Å². The number of pyridine rings is 1. The Bertz CT molecular complexity index is 421. The van der Waals surface area contributed by atoms with Crippen LogP contribution in [0.25, 0.3) is 0 Å². The van der Waals surface area contributed by atoms with Crippen LogP contribution in [-0.4, -0.2) is 28.4 Å². The van der Waals surface area contributed by atoms with Gasteiger partial charge in [-0.1, -0.05) is 6.92 Å². The smallest absolute Gasteiger partial charge is 0.228 e. The molecule has 1 fully saturated rings. The Morgan fingerprint density at radius 2 is 2.21 bits per heavy atom. The first kappa shape index (κ1) is 15.8. The second-order valence-corrected chi connectivity index (χ2v) is 5.21. The molecule has 0 saturated carbocycles. The van der Waals surface area contributed by atoms with Crippen LogP contribution in [0, 0.1) is 5.92 Å². The predicted octanol–water partition coefficient (Wildman–Crippen LogP) is 2.28. The number of halogens is 1. The topological polar surface area (TPSA) is 59.2 Å². The fourth-order valence-electron chi connectivity index (χ4n) is 2.48. The summed E-state index contributed by atoms with van der Waals surface area (Å²) in [6, 6.07) is 3.95. The molecule has 1 aliphatic rings. The van der Waals surface area contributed by atoms with E-state index in [9.17, 15) is 4.79 Å². The summed E-state index contributed by atoms with van der Waals surface area (Å²) in [5.41, 5.74) is 7.00. The van der Waals surface area contributed by atoms with Gasteiger partial charge in [0.25, 0.3) is 0 Å². The van der Waals surface area contributed by atoms with Gasteiger partial charge in [0.1, 0.15) is 0 Å². The molecule has 1 amide bonds. The van der Waals surface area contributed by atoms with Gasteiger partial charge in [0.15, 0.2) is 0 Å². The molecule has 4 nitrogen and oxygen atoms in total. The summed E-state index contributed by atoms with van der Waals surface area (Å²) < 4.78 is 0. The van der Waals surface area contributed by atoms with Crippen LogP contribution < -0.4 is 5.73 Å². The molecular formula is C14H22ClN3O. The molecular weight excluding hydrogens is 262 g/mol. The molecule has 106 valence electrons. The van der Waals surface area contributed by atoms with Gasteiger partial charge in [0.2, 0.25) is 5.91 Å². The first-order valence-electron chi connectivity index (χ1n) is 6.58. The van der Waals surface area contributed by atoms with Crippen LogP contribution >= 0.6 is 12.4 Å². The van der Waals surface area contributed by atoms with Gasteiger partial charge in [-0.2, -0.15) is 0 Å². The van der Waals surface area contributed by atoms with Crippen molar-refractivity contribution in [3.8, 4) is 0 Å². The highest BCUT2D eigenvalue weighted by Crippen LogP contribution is 2.23. The van der Waals surface area contributed by atoms with Crippen molar-refractivity contribution in [2.24, 2.45) is 5.92 Å². The molecule has 1 aromatic rings. The summed E-state index contributed by atoms with van der Waals surface area (Å²) in [5.74, 6) is 0.758. The minimum Gasteiger partial charge on any atom is -0.397 e. The van der Waals surface area contributed by atoms with Crippen LogP contribution in [0.2, 0.25) is 0 Å². The number of hydrogen-bond acceptors (Lipinski definition) is 3. The lowest BCUT2D eigenvalue weighted by Crippen LogP contribution is -2.46. The molecule has 2 heterocycles. The number of nitrogens with two attached hydrogens (primary N) is 1. The molecule has 1 aromatic heterocycles. The summed E-state index contributed by atoms with van der Waals surface area (Å²) in [4.78, 5) is 18.4. The Kier molecular flexibility index (Phi) is 5.60. The van der Waals surface area contributed by atoms with Crippen molar-refractivity contribution in [2.75, 3.05) is 12.3 Å². The van der Waals surface area contributed by atoms with Gasteiger partial charge in [-0.3, -0.25) is 9.78 Å². The largest absolute Gasteiger partial charge is 0.397 e. The zero-order valence-corrected chi connectivity index (χ0v) is 12.3. The summed E-state index contributed by atoms with van der Waals surface area (Å²) in [7, 11) is 0. The minimum absolute atomic E-state index is 0. The SMILES string of the molecule is CC1CCCN(C(=O)Cc2ccc(N)cn2)C1C.Cl. The lowest BCUT2D eigenvalue weighted by atomic mass is 9.92. The highest BCUT2D eigenvalue weighted by molar-refractivity contribution is 5.85. The van der Waals surface area contributed by atoms with E-state index in [0.717, 1.165) is 18.7 Å². The molecule has 0 spiro atoms. The van der Waals surface area contributed by atoms with Crippen LogP contribution in [0.15, 0.2) is 18.3 Å². The Morgan fingerprint density at radius 3 is 2.84 bits per heavy atom. The molecule has 2 unspecified atom stereocenters. The zero-order valence-electron chi connectivity index (χ0n) is 11.5. The molecule has 2 N–H and O–H groups in total.